The smallest absolute Gasteiger partial charge is 0.0635 e. The molecule has 1 N–H and O–H groups in total. The molecule has 0 aromatic heterocycles. The molecule has 0 unspecified atom stereocenters. The van der Waals surface area contributed by atoms with E-state index in [1.165, 1.54) is 51.7 Å². The summed E-state index contributed by atoms with van der Waals surface area (Å²) in [5.41, 5.74) is 0. The van der Waals surface area contributed by atoms with E-state index in [1.807, 2.05) is 0 Å². The Hall–Kier alpha value is -0.590. The van der Waals surface area contributed by atoms with Gasteiger partial charge in [0.1, 0.15) is 0 Å². The number of hydrogen-bond acceptors (Lipinski definition) is 3. The van der Waals surface area contributed by atoms with Crippen molar-refractivity contribution in [3.05, 3.63) is 0 Å². The van der Waals surface area contributed by atoms with Crippen LogP contribution in [0.4, 0.5) is 0 Å². The van der Waals surface area contributed by atoms with E-state index in [0.717, 1.165) is 13.1 Å². The van der Waals surface area contributed by atoms with E-state index in [0.29, 0.717) is 6.42 Å². The SMILES string of the molecule is N#CCCNCCCCN1CCCCC1. The summed E-state index contributed by atoms with van der Waals surface area (Å²) in [5, 5.41) is 11.6. The van der Waals surface area contributed by atoms with E-state index in [4.69, 9.17) is 5.26 Å². The van der Waals surface area contributed by atoms with E-state index in [1.54, 1.807) is 0 Å². The third-order valence-corrected chi connectivity index (χ3v) is 2.94. The molecule has 0 spiro atoms. The lowest BCUT2D eigenvalue weighted by Gasteiger charge is -2.26. The van der Waals surface area contributed by atoms with Crippen molar-refractivity contribution in [2.75, 3.05) is 32.7 Å². The van der Waals surface area contributed by atoms with Crippen molar-refractivity contribution in [2.45, 2.75) is 38.5 Å². The highest BCUT2D eigenvalue weighted by atomic mass is 15.1. The second kappa shape index (κ2) is 8.70. The van der Waals surface area contributed by atoms with Crippen LogP contribution in [0.15, 0.2) is 0 Å². The van der Waals surface area contributed by atoms with Crippen molar-refractivity contribution in [3.63, 3.8) is 0 Å². The number of likely N-dealkylation sites (tertiary alicyclic amines) is 1. The number of unbranched alkanes of at least 4 members (excludes halogenated alkanes) is 1. The molecule has 0 radical (unpaired) electrons. The third-order valence-electron chi connectivity index (χ3n) is 2.94. The minimum absolute atomic E-state index is 0.631. The van der Waals surface area contributed by atoms with Crippen LogP contribution in [-0.4, -0.2) is 37.6 Å². The van der Waals surface area contributed by atoms with Gasteiger partial charge in [-0.25, -0.2) is 0 Å². The first kappa shape index (κ1) is 12.5. The van der Waals surface area contributed by atoms with Crippen molar-refractivity contribution >= 4 is 0 Å². The number of hydrogen-bond donors (Lipinski definition) is 1. The van der Waals surface area contributed by atoms with Gasteiger partial charge in [0.25, 0.3) is 0 Å². The Bertz CT molecular complexity index is 180. The van der Waals surface area contributed by atoms with E-state index in [-0.39, 0.29) is 0 Å². The molecule has 0 amide bonds. The molecule has 0 saturated carbocycles. The monoisotopic (exact) mass is 209 g/mol. The van der Waals surface area contributed by atoms with Crippen LogP contribution in [-0.2, 0) is 0 Å². The molecule has 15 heavy (non-hydrogen) atoms. The fraction of sp³-hybridized carbons (Fsp3) is 0.917. The quantitative estimate of drug-likeness (QED) is 0.649. The van der Waals surface area contributed by atoms with Crippen LogP contribution < -0.4 is 5.32 Å². The highest BCUT2D eigenvalue weighted by Crippen LogP contribution is 2.08. The van der Waals surface area contributed by atoms with Gasteiger partial charge in [-0.05, 0) is 51.9 Å². The Balaban J connectivity index is 1.82. The Kier molecular flexibility index (Phi) is 7.24. The minimum Gasteiger partial charge on any atom is -0.316 e. The standard InChI is InChI=1S/C12H23N3/c13-7-6-9-14-8-2-5-12-15-10-3-1-4-11-15/h14H,1-6,8-12H2. The molecule has 0 bridgehead atoms. The summed E-state index contributed by atoms with van der Waals surface area (Å²) in [6.07, 6.45) is 7.36. The highest BCUT2D eigenvalue weighted by Gasteiger charge is 2.08. The van der Waals surface area contributed by atoms with Crippen LogP contribution in [0.3, 0.4) is 0 Å². The first-order chi connectivity index (χ1) is 7.43. The van der Waals surface area contributed by atoms with Gasteiger partial charge in [0.15, 0.2) is 0 Å². The molecule has 1 fully saturated rings. The van der Waals surface area contributed by atoms with Crippen molar-refractivity contribution in [1.82, 2.24) is 10.2 Å². The van der Waals surface area contributed by atoms with E-state index in [9.17, 15) is 0 Å². The highest BCUT2D eigenvalue weighted by molar-refractivity contribution is 4.70. The average molecular weight is 209 g/mol. The molecular weight excluding hydrogens is 186 g/mol. The van der Waals surface area contributed by atoms with Gasteiger partial charge in [-0.1, -0.05) is 6.42 Å². The predicted octanol–water partition coefficient (Wildman–Crippen LogP) is 1.76. The van der Waals surface area contributed by atoms with Gasteiger partial charge in [0.2, 0.25) is 0 Å². The summed E-state index contributed by atoms with van der Waals surface area (Å²) < 4.78 is 0. The van der Waals surface area contributed by atoms with Crippen LogP contribution in [0, 0.1) is 11.3 Å². The largest absolute Gasteiger partial charge is 0.316 e. The van der Waals surface area contributed by atoms with Crippen LogP contribution in [0.5, 0.6) is 0 Å². The Labute approximate surface area is 93.5 Å². The minimum atomic E-state index is 0.631. The molecule has 0 aromatic carbocycles. The molecule has 0 atom stereocenters. The predicted molar refractivity (Wildman–Crippen MR) is 62.6 cm³/mol. The van der Waals surface area contributed by atoms with Gasteiger partial charge in [-0.2, -0.15) is 5.26 Å². The topological polar surface area (TPSA) is 39.1 Å². The zero-order chi connectivity index (χ0) is 10.8. The van der Waals surface area contributed by atoms with Crippen LogP contribution in [0.1, 0.15) is 38.5 Å². The Morgan fingerprint density at radius 1 is 1.07 bits per heavy atom. The normalized spacial score (nSPS) is 17.5. The lowest BCUT2D eigenvalue weighted by Crippen LogP contribution is -2.31. The maximum atomic E-state index is 8.34. The lowest BCUT2D eigenvalue weighted by molar-refractivity contribution is 0.224. The number of rotatable bonds is 7. The second-order valence-electron chi connectivity index (χ2n) is 4.27. The molecule has 1 aliphatic heterocycles. The maximum absolute atomic E-state index is 8.34. The van der Waals surface area contributed by atoms with E-state index >= 15 is 0 Å². The molecule has 0 aliphatic carbocycles. The summed E-state index contributed by atoms with van der Waals surface area (Å²) in [6.45, 7) is 5.79. The number of nitrogens with zero attached hydrogens (tertiary/aromatic N) is 2. The molecule has 3 nitrogen and oxygen atoms in total. The van der Waals surface area contributed by atoms with Crippen LogP contribution >= 0.6 is 0 Å². The summed E-state index contributed by atoms with van der Waals surface area (Å²) in [5.74, 6) is 0. The molecule has 1 rings (SSSR count). The van der Waals surface area contributed by atoms with Gasteiger partial charge in [0, 0.05) is 13.0 Å². The fourth-order valence-electron chi connectivity index (χ4n) is 2.04. The summed E-state index contributed by atoms with van der Waals surface area (Å²) in [6, 6.07) is 2.14. The number of nitriles is 1. The van der Waals surface area contributed by atoms with Gasteiger partial charge in [0.05, 0.1) is 6.07 Å². The van der Waals surface area contributed by atoms with Gasteiger partial charge < -0.3 is 10.2 Å². The van der Waals surface area contributed by atoms with Crippen LogP contribution in [0.2, 0.25) is 0 Å². The Morgan fingerprint density at radius 3 is 2.60 bits per heavy atom. The number of piperidine rings is 1. The molecule has 1 aliphatic rings. The zero-order valence-electron chi connectivity index (χ0n) is 9.67. The number of nitrogens with one attached hydrogen (secondary N) is 1. The van der Waals surface area contributed by atoms with Gasteiger partial charge >= 0.3 is 0 Å². The molecular formula is C12H23N3. The Morgan fingerprint density at radius 2 is 1.87 bits per heavy atom. The van der Waals surface area contributed by atoms with Crippen molar-refractivity contribution in [2.24, 2.45) is 0 Å². The van der Waals surface area contributed by atoms with Crippen molar-refractivity contribution in [1.29, 1.82) is 5.26 Å². The zero-order valence-corrected chi connectivity index (χ0v) is 9.67. The summed E-state index contributed by atoms with van der Waals surface area (Å²) in [7, 11) is 0. The van der Waals surface area contributed by atoms with Gasteiger partial charge in [-0.15, -0.1) is 0 Å². The average Bonchev–Trinajstić information content (AvgIpc) is 2.29. The molecule has 1 saturated heterocycles. The summed E-state index contributed by atoms with van der Waals surface area (Å²) >= 11 is 0. The molecule has 86 valence electrons. The molecule has 1 heterocycles. The van der Waals surface area contributed by atoms with Crippen molar-refractivity contribution in [3.8, 4) is 6.07 Å². The van der Waals surface area contributed by atoms with Gasteiger partial charge in [-0.3, -0.25) is 0 Å². The third kappa shape index (κ3) is 6.48. The van der Waals surface area contributed by atoms with E-state index < -0.39 is 0 Å². The lowest BCUT2D eigenvalue weighted by atomic mass is 10.1. The van der Waals surface area contributed by atoms with Crippen molar-refractivity contribution < 1.29 is 0 Å². The van der Waals surface area contributed by atoms with Crippen LogP contribution in [0.25, 0.3) is 0 Å². The summed E-state index contributed by atoms with van der Waals surface area (Å²) in [4.78, 5) is 2.58. The maximum Gasteiger partial charge on any atom is 0.0635 e. The fourth-order valence-corrected chi connectivity index (χ4v) is 2.04. The first-order valence-electron chi connectivity index (χ1n) is 6.23. The first-order valence-corrected chi connectivity index (χ1v) is 6.23. The molecule has 0 aromatic rings. The van der Waals surface area contributed by atoms with E-state index in [2.05, 4.69) is 16.3 Å². The second-order valence-corrected chi connectivity index (χ2v) is 4.27. The molecule has 3 heteroatoms.